The molecule has 0 unspecified atom stereocenters. The number of fused-ring (bicyclic) bond motifs is 2. The molecule has 2 aliphatic rings. The average Bonchev–Trinajstić information content (AvgIpc) is 3.17. The van der Waals surface area contributed by atoms with Crippen LogP contribution in [0.3, 0.4) is 0 Å². The molecule has 0 bridgehead atoms. The zero-order chi connectivity index (χ0) is 20.0. The van der Waals surface area contributed by atoms with Crippen LogP contribution < -0.4 is 15.0 Å². The number of amidine groups is 1. The second-order valence-corrected chi connectivity index (χ2v) is 8.48. The second-order valence-electron chi connectivity index (χ2n) is 6.28. The maximum atomic E-state index is 12.2. The molecule has 0 aliphatic carbocycles. The predicted octanol–water partition coefficient (Wildman–Crippen LogP) is 3.89. The minimum atomic E-state index is -0.522. The quantitative estimate of drug-likeness (QED) is 0.251. The summed E-state index contributed by atoms with van der Waals surface area (Å²) in [6.45, 7) is 0. The van der Waals surface area contributed by atoms with Crippen LogP contribution in [0.15, 0.2) is 71.2 Å². The van der Waals surface area contributed by atoms with Gasteiger partial charge in [0, 0.05) is 0 Å². The molecule has 3 heterocycles. The maximum absolute atomic E-state index is 12.2. The third kappa shape index (κ3) is 3.25. The Kier molecular flexibility index (Phi) is 4.47. The first kappa shape index (κ1) is 18.1. The Hall–Kier alpha value is -2.92. The van der Waals surface area contributed by atoms with Crippen LogP contribution in [-0.2, 0) is 9.59 Å². The number of nitrogens with one attached hydrogen (secondary N) is 1. The molecule has 29 heavy (non-hydrogen) atoms. The zero-order valence-electron chi connectivity index (χ0n) is 14.8. The molecule has 2 aliphatic heterocycles. The molecule has 0 atom stereocenters. The average molecular weight is 514 g/mol. The zero-order valence-corrected chi connectivity index (χ0v) is 17.9. The Morgan fingerprint density at radius 1 is 0.966 bits per heavy atom. The number of nitrogens with zero attached hydrogens (tertiary/aromatic N) is 2. The minimum absolute atomic E-state index is 0.0357. The predicted molar refractivity (Wildman–Crippen MR) is 113 cm³/mol. The molecule has 5 rings (SSSR count). The topological polar surface area (TPSA) is 71.0 Å². The molecule has 0 spiro atoms. The number of carbonyl (C=O) groups is 2. The summed E-state index contributed by atoms with van der Waals surface area (Å²) in [6.07, 6.45) is 1.58. The van der Waals surface area contributed by atoms with Crippen molar-refractivity contribution in [2.24, 2.45) is 4.99 Å². The number of para-hydroxylation sites is 4. The Morgan fingerprint density at radius 3 is 2.28 bits per heavy atom. The third-order valence-corrected chi connectivity index (χ3v) is 6.02. The summed E-state index contributed by atoms with van der Waals surface area (Å²) < 4.78 is 6.36. The molecule has 2 aromatic carbocycles. The molecule has 1 aromatic heterocycles. The number of amides is 2. The summed E-state index contributed by atoms with van der Waals surface area (Å²) in [5.74, 6) is 0.589. The van der Waals surface area contributed by atoms with Crippen molar-refractivity contribution in [2.45, 2.75) is 0 Å². The fourth-order valence-electron chi connectivity index (χ4n) is 3.19. The van der Waals surface area contributed by atoms with E-state index in [9.17, 15) is 9.59 Å². The molecule has 0 saturated carbocycles. The van der Waals surface area contributed by atoms with Gasteiger partial charge in [-0.1, -0.05) is 12.1 Å². The monoisotopic (exact) mass is 516 g/mol. The summed E-state index contributed by atoms with van der Waals surface area (Å²) in [7, 11) is 0. The second kappa shape index (κ2) is 7.16. The van der Waals surface area contributed by atoms with Crippen LogP contribution >= 0.6 is 11.3 Å². The van der Waals surface area contributed by atoms with Crippen LogP contribution in [0.4, 0.5) is 16.4 Å². The van der Waals surface area contributed by atoms with Crippen LogP contribution in [0.5, 0.6) is 11.5 Å². The molecule has 0 fully saturated rings. The number of rotatable bonds is 2. The number of benzene rings is 2. The molecule has 2 amide bonds. The molecule has 1 N–H and O–H groups in total. The van der Waals surface area contributed by atoms with Crippen LogP contribution in [0.2, 0.25) is 0 Å². The Balaban J connectivity index is 1.58. The van der Waals surface area contributed by atoms with Gasteiger partial charge in [0.15, 0.2) is 0 Å². The van der Waals surface area contributed by atoms with E-state index in [1.54, 1.807) is 6.08 Å². The summed E-state index contributed by atoms with van der Waals surface area (Å²) in [4.78, 5) is 31.0. The molecule has 8 heteroatoms. The fourth-order valence-corrected chi connectivity index (χ4v) is 4.67. The van der Waals surface area contributed by atoms with E-state index in [2.05, 4.69) is 15.2 Å². The van der Waals surface area contributed by atoms with Gasteiger partial charge in [-0.25, -0.2) is 0 Å². The van der Waals surface area contributed by atoms with E-state index in [0.29, 0.717) is 3.88 Å². The summed E-state index contributed by atoms with van der Waals surface area (Å²) in [5.41, 5.74) is 1.90. The van der Waals surface area contributed by atoms with Gasteiger partial charge in [0.25, 0.3) is 0 Å². The Bertz CT molecular complexity index is 1190. The number of hydrogen-bond donors (Lipinski definition) is 1. The molecular weight excluding hydrogens is 502 g/mol. The first-order chi connectivity index (χ1) is 14.1. The normalized spacial score (nSPS) is 16.6. The van der Waals surface area contributed by atoms with Crippen molar-refractivity contribution in [3.05, 3.63) is 71.1 Å². The van der Waals surface area contributed by atoms with E-state index in [1.807, 2.05) is 60.7 Å². The first-order valence-electron chi connectivity index (χ1n) is 8.69. The van der Waals surface area contributed by atoms with E-state index < -0.39 is 11.8 Å². The van der Waals surface area contributed by atoms with Gasteiger partial charge >= 0.3 is 172 Å². The van der Waals surface area contributed by atoms with Crippen molar-refractivity contribution in [1.82, 2.24) is 5.32 Å². The number of hydrogen-bond acceptors (Lipinski definition) is 5. The fraction of sp³-hybridized carbons (Fsp3) is 0. The van der Waals surface area contributed by atoms with Crippen molar-refractivity contribution < 1.29 is 14.3 Å². The van der Waals surface area contributed by atoms with Gasteiger partial charge in [0.2, 0.25) is 0 Å². The summed E-state index contributed by atoms with van der Waals surface area (Å²) in [6, 6.07) is 19.5. The van der Waals surface area contributed by atoms with Gasteiger partial charge in [-0.3, -0.25) is 0 Å². The van der Waals surface area contributed by atoms with Gasteiger partial charge in [0.05, 0.1) is 0 Å². The van der Waals surface area contributed by atoms with Crippen LogP contribution in [0.25, 0.3) is 6.08 Å². The van der Waals surface area contributed by atoms with Crippen molar-refractivity contribution in [3.8, 4) is 11.5 Å². The number of thiophene rings is 1. The molecular formula is C21H12N3O3STe. The van der Waals surface area contributed by atoms with Crippen molar-refractivity contribution in [1.29, 1.82) is 0 Å². The van der Waals surface area contributed by atoms with Gasteiger partial charge in [-0.15, -0.1) is 0 Å². The van der Waals surface area contributed by atoms with Crippen molar-refractivity contribution >= 4 is 71.8 Å². The van der Waals surface area contributed by atoms with Gasteiger partial charge in [-0.2, -0.15) is 0 Å². The van der Waals surface area contributed by atoms with E-state index >= 15 is 0 Å². The molecule has 3 aromatic rings. The van der Waals surface area contributed by atoms with Crippen molar-refractivity contribution in [3.63, 3.8) is 0 Å². The Labute approximate surface area is 183 Å². The van der Waals surface area contributed by atoms with Crippen molar-refractivity contribution in [2.75, 3.05) is 4.90 Å². The Morgan fingerprint density at radius 2 is 1.62 bits per heavy atom. The van der Waals surface area contributed by atoms with Crippen LogP contribution in [0, 0.1) is 0 Å². The van der Waals surface area contributed by atoms with Gasteiger partial charge in [-0.05, 0) is 0 Å². The molecule has 0 saturated heterocycles. The molecule has 1 radical (unpaired) electrons. The van der Waals surface area contributed by atoms with E-state index in [4.69, 9.17) is 4.74 Å². The van der Waals surface area contributed by atoms with E-state index in [-0.39, 0.29) is 5.57 Å². The number of carbonyl (C=O) groups excluding carboxylic acids is 2. The number of aliphatic imine (C=N–C) groups is 1. The molecule has 6 nitrogen and oxygen atoms in total. The summed E-state index contributed by atoms with van der Waals surface area (Å²) in [5, 5.41) is 3.53. The standard InChI is InChI=1S/C21H12N3O3STe/c25-19-13(20(26)23-21(29)22-19)11-12-9-10-18(28-12)24-14-5-1-3-7-16(14)27-17-8-4-2-6-15(17)24/h1-11H,(H,22,23,25,26). The first-order valence-corrected chi connectivity index (χ1v) is 10.7. The van der Waals surface area contributed by atoms with E-state index in [1.165, 1.54) is 33.6 Å². The third-order valence-electron chi connectivity index (χ3n) is 4.45. The van der Waals surface area contributed by atoms with Crippen LogP contribution in [-0.4, -0.2) is 38.0 Å². The van der Waals surface area contributed by atoms with Crippen LogP contribution in [0.1, 0.15) is 4.88 Å². The summed E-state index contributed by atoms with van der Waals surface area (Å²) >= 11 is 2.99. The number of anilines is 3. The number of ether oxygens (including phenoxy) is 1. The SMILES string of the molecule is O=C1N=C([Te])NC(=O)/C1=C\c1ccc(N2c3ccccc3Oc3ccccc32)s1. The molecule has 141 valence electrons. The van der Waals surface area contributed by atoms with E-state index in [0.717, 1.165) is 32.8 Å². The van der Waals surface area contributed by atoms with Gasteiger partial charge < -0.3 is 0 Å². The van der Waals surface area contributed by atoms with Gasteiger partial charge in [0.1, 0.15) is 0 Å².